The molecule has 0 aliphatic carbocycles. The van der Waals surface area contributed by atoms with E-state index in [4.69, 9.17) is 4.74 Å². The number of ether oxygens (including phenoxy) is 1. The smallest absolute Gasteiger partial charge is 0.319 e. The van der Waals surface area contributed by atoms with Gasteiger partial charge in [-0.05, 0) is 29.6 Å². The van der Waals surface area contributed by atoms with Crippen molar-refractivity contribution in [1.29, 1.82) is 0 Å². The van der Waals surface area contributed by atoms with Gasteiger partial charge < -0.3 is 25.5 Å². The predicted octanol–water partition coefficient (Wildman–Crippen LogP) is 4.12. The molecule has 1 unspecified atom stereocenters. The molecule has 2 amide bonds. The summed E-state index contributed by atoms with van der Waals surface area (Å²) in [6.07, 6.45) is 1.82. The Labute approximate surface area is 156 Å². The average molecular weight is 373 g/mol. The molecule has 0 radical (unpaired) electrons. The van der Waals surface area contributed by atoms with Crippen LogP contribution in [0, 0.1) is 5.41 Å². The molecule has 4 N–H and O–H groups in total. The van der Waals surface area contributed by atoms with Crippen LogP contribution in [0.2, 0.25) is 0 Å². The van der Waals surface area contributed by atoms with E-state index in [1.807, 2.05) is 55.8 Å². The third kappa shape index (κ3) is 3.54. The summed E-state index contributed by atoms with van der Waals surface area (Å²) in [7, 11) is 1.57. The molecule has 6 nitrogen and oxygen atoms in total. The summed E-state index contributed by atoms with van der Waals surface area (Å²) in [6.45, 7) is 3.79. The zero-order valence-electron chi connectivity index (χ0n) is 15.0. The molecule has 0 aliphatic rings. The van der Waals surface area contributed by atoms with Crippen molar-refractivity contribution in [1.82, 2.24) is 10.3 Å². The molecule has 2 aromatic heterocycles. The molecule has 1 atom stereocenters. The number of nitrogens with one attached hydrogen (secondary N) is 3. The van der Waals surface area contributed by atoms with Crippen molar-refractivity contribution in [3.05, 3.63) is 46.8 Å². The van der Waals surface area contributed by atoms with E-state index >= 15 is 0 Å². The summed E-state index contributed by atoms with van der Waals surface area (Å²) in [5, 5.41) is 18.5. The van der Waals surface area contributed by atoms with E-state index in [0.29, 0.717) is 11.4 Å². The number of thiophene rings is 1. The van der Waals surface area contributed by atoms with Crippen LogP contribution in [0.5, 0.6) is 5.75 Å². The molecule has 3 rings (SSSR count). The van der Waals surface area contributed by atoms with Crippen LogP contribution < -0.4 is 15.4 Å². The summed E-state index contributed by atoms with van der Waals surface area (Å²) in [6, 6.07) is 8.83. The second-order valence-electron chi connectivity index (χ2n) is 6.78. The average Bonchev–Trinajstić information content (AvgIpc) is 3.31. The first-order valence-electron chi connectivity index (χ1n) is 8.32. The third-order valence-electron chi connectivity index (χ3n) is 4.45. The molecule has 0 aliphatic heterocycles. The Hall–Kier alpha value is -2.51. The van der Waals surface area contributed by atoms with Crippen molar-refractivity contribution in [2.75, 3.05) is 19.0 Å². The van der Waals surface area contributed by atoms with E-state index in [1.165, 1.54) is 0 Å². The predicted molar refractivity (Wildman–Crippen MR) is 105 cm³/mol. The lowest BCUT2D eigenvalue weighted by Gasteiger charge is -2.32. The van der Waals surface area contributed by atoms with Gasteiger partial charge >= 0.3 is 6.03 Å². The minimum absolute atomic E-state index is 0.0490. The van der Waals surface area contributed by atoms with E-state index in [1.54, 1.807) is 18.4 Å². The maximum absolute atomic E-state index is 12.7. The quantitative estimate of drug-likeness (QED) is 0.524. The number of carbonyl (C=O) groups excluding carboxylic acids is 1. The molecule has 3 aromatic rings. The number of carbonyl (C=O) groups is 1. The first-order valence-corrected chi connectivity index (χ1v) is 9.20. The molecule has 0 fully saturated rings. The molecule has 1 aromatic carbocycles. The maximum atomic E-state index is 12.7. The van der Waals surface area contributed by atoms with Crippen molar-refractivity contribution < 1.29 is 14.6 Å². The highest BCUT2D eigenvalue weighted by Gasteiger charge is 2.32. The van der Waals surface area contributed by atoms with Gasteiger partial charge in [-0.1, -0.05) is 19.9 Å². The number of aliphatic hydroxyl groups is 1. The minimum Gasteiger partial charge on any atom is -0.495 e. The van der Waals surface area contributed by atoms with Gasteiger partial charge in [0.25, 0.3) is 0 Å². The van der Waals surface area contributed by atoms with Crippen molar-refractivity contribution >= 4 is 34.0 Å². The van der Waals surface area contributed by atoms with E-state index in [2.05, 4.69) is 15.6 Å². The lowest BCUT2D eigenvalue weighted by molar-refractivity contribution is 0.121. The lowest BCUT2D eigenvalue weighted by atomic mass is 9.84. The van der Waals surface area contributed by atoms with Crippen molar-refractivity contribution in [3.63, 3.8) is 0 Å². The molecule has 26 heavy (non-hydrogen) atoms. The molecule has 0 spiro atoms. The number of anilines is 1. The molecule has 7 heteroatoms. The molecule has 0 saturated carbocycles. The van der Waals surface area contributed by atoms with Crippen molar-refractivity contribution in [2.45, 2.75) is 19.9 Å². The first-order chi connectivity index (χ1) is 12.5. The van der Waals surface area contributed by atoms with Gasteiger partial charge in [-0.3, -0.25) is 0 Å². The number of aliphatic hydroxyl groups excluding tert-OH is 1. The van der Waals surface area contributed by atoms with E-state index < -0.39 is 5.41 Å². The Morgan fingerprint density at radius 3 is 2.81 bits per heavy atom. The van der Waals surface area contributed by atoms with Gasteiger partial charge in [0.2, 0.25) is 0 Å². The Kier molecular flexibility index (Phi) is 5.20. The van der Waals surface area contributed by atoms with Crippen LogP contribution in [0.25, 0.3) is 10.9 Å². The van der Waals surface area contributed by atoms with Crippen LogP contribution >= 0.6 is 11.3 Å². The number of amides is 2. The fourth-order valence-electron chi connectivity index (χ4n) is 2.89. The van der Waals surface area contributed by atoms with Gasteiger partial charge in [0, 0.05) is 27.4 Å². The normalized spacial score (nSPS) is 12.8. The minimum atomic E-state index is -0.508. The SMILES string of the molecule is COc1ccc2[nH]ccc2c1NC(=O)NC(c1cccs1)C(C)(C)CO. The van der Waals surface area contributed by atoms with Gasteiger partial charge in [0.1, 0.15) is 5.75 Å². The van der Waals surface area contributed by atoms with Gasteiger partial charge in [0.15, 0.2) is 0 Å². The fourth-order valence-corrected chi connectivity index (χ4v) is 3.88. The first kappa shape index (κ1) is 18.3. The van der Waals surface area contributed by atoms with Crippen LogP contribution in [0.3, 0.4) is 0 Å². The van der Waals surface area contributed by atoms with Gasteiger partial charge in [-0.15, -0.1) is 11.3 Å². The highest BCUT2D eigenvalue weighted by molar-refractivity contribution is 7.10. The van der Waals surface area contributed by atoms with Gasteiger partial charge in [-0.2, -0.15) is 0 Å². The summed E-state index contributed by atoms with van der Waals surface area (Å²) in [4.78, 5) is 16.9. The number of fused-ring (bicyclic) bond motifs is 1. The summed E-state index contributed by atoms with van der Waals surface area (Å²) in [5.74, 6) is 0.585. The standard InChI is InChI=1S/C19H23N3O3S/c1-19(2,11-23)17(15-5-4-10-26-15)22-18(24)21-16-12-8-9-20-13(12)6-7-14(16)25-3/h4-10,17,20,23H,11H2,1-3H3,(H2,21,22,24). The Bertz CT molecular complexity index is 887. The second kappa shape index (κ2) is 7.39. The Morgan fingerprint density at radius 1 is 1.35 bits per heavy atom. The number of aromatic nitrogens is 1. The van der Waals surface area contributed by atoms with E-state index in [9.17, 15) is 9.90 Å². The third-order valence-corrected chi connectivity index (χ3v) is 5.38. The highest BCUT2D eigenvalue weighted by Crippen LogP contribution is 2.36. The number of rotatable bonds is 6. The Morgan fingerprint density at radius 2 is 2.15 bits per heavy atom. The van der Waals surface area contributed by atoms with Crippen LogP contribution in [0.4, 0.5) is 10.5 Å². The monoisotopic (exact) mass is 373 g/mol. The van der Waals surface area contributed by atoms with Crippen molar-refractivity contribution in [3.8, 4) is 5.75 Å². The van der Waals surface area contributed by atoms with Gasteiger partial charge in [-0.25, -0.2) is 4.79 Å². The van der Waals surface area contributed by atoms with Crippen LogP contribution in [-0.4, -0.2) is 29.8 Å². The largest absolute Gasteiger partial charge is 0.495 e. The number of H-pyrrole nitrogens is 1. The van der Waals surface area contributed by atoms with Crippen LogP contribution in [-0.2, 0) is 0 Å². The number of methoxy groups -OCH3 is 1. The molecule has 0 saturated heterocycles. The van der Waals surface area contributed by atoms with Crippen molar-refractivity contribution in [2.24, 2.45) is 5.41 Å². The number of hydrogen-bond donors (Lipinski definition) is 4. The number of urea groups is 1. The Balaban J connectivity index is 1.87. The topological polar surface area (TPSA) is 86.4 Å². The molecular weight excluding hydrogens is 350 g/mol. The van der Waals surface area contributed by atoms with E-state index in [0.717, 1.165) is 15.8 Å². The zero-order valence-corrected chi connectivity index (χ0v) is 15.8. The second-order valence-corrected chi connectivity index (χ2v) is 7.75. The zero-order chi connectivity index (χ0) is 18.7. The van der Waals surface area contributed by atoms with Crippen LogP contribution in [0.1, 0.15) is 24.8 Å². The molecule has 2 heterocycles. The highest BCUT2D eigenvalue weighted by atomic mass is 32.1. The maximum Gasteiger partial charge on any atom is 0.319 e. The molecular formula is C19H23N3O3S. The molecule has 138 valence electrons. The number of hydrogen-bond acceptors (Lipinski definition) is 4. The fraction of sp³-hybridized carbons (Fsp3) is 0.316. The number of aromatic amines is 1. The number of benzene rings is 1. The van der Waals surface area contributed by atoms with E-state index in [-0.39, 0.29) is 18.7 Å². The summed E-state index contributed by atoms with van der Waals surface area (Å²) in [5.41, 5.74) is 1.01. The summed E-state index contributed by atoms with van der Waals surface area (Å²) >= 11 is 1.55. The molecule has 0 bridgehead atoms. The van der Waals surface area contributed by atoms with Crippen LogP contribution in [0.15, 0.2) is 41.9 Å². The van der Waals surface area contributed by atoms with Gasteiger partial charge in [0.05, 0.1) is 25.4 Å². The lowest BCUT2D eigenvalue weighted by Crippen LogP contribution is -2.41. The summed E-state index contributed by atoms with van der Waals surface area (Å²) < 4.78 is 5.40.